The van der Waals surface area contributed by atoms with E-state index in [2.05, 4.69) is 10.6 Å². The normalized spacial score (nSPS) is 11.3. The highest BCUT2D eigenvalue weighted by molar-refractivity contribution is 6.30. The number of para-hydroxylation sites is 3. The molecule has 0 aliphatic rings. The van der Waals surface area contributed by atoms with E-state index in [9.17, 15) is 0 Å². The number of hydrogen-bond donors (Lipinski definition) is 0. The number of benzene rings is 3. The van der Waals surface area contributed by atoms with Crippen LogP contribution in [0.15, 0.2) is 78.9 Å². The zero-order chi connectivity index (χ0) is 18.5. The summed E-state index contributed by atoms with van der Waals surface area (Å²) in [5.74, 6) is 1.78. The summed E-state index contributed by atoms with van der Waals surface area (Å²) < 4.78 is 8.06. The second-order valence-corrected chi connectivity index (χ2v) is 6.59. The minimum absolute atomic E-state index is 0.576. The first kappa shape index (κ1) is 17.4. The lowest BCUT2D eigenvalue weighted by atomic mass is 10.2. The second-order valence-electron chi connectivity index (χ2n) is 6.16. The zero-order valence-electron chi connectivity index (χ0n) is 14.8. The van der Waals surface area contributed by atoms with Crippen LogP contribution in [0.4, 0.5) is 0 Å². The molecule has 0 N–H and O–H groups in total. The van der Waals surface area contributed by atoms with E-state index in [1.807, 2.05) is 84.9 Å². The van der Waals surface area contributed by atoms with Gasteiger partial charge in [0.2, 0.25) is 0 Å². The third-order valence-electron chi connectivity index (χ3n) is 4.31. The molecule has 0 bridgehead atoms. The van der Waals surface area contributed by atoms with Crippen molar-refractivity contribution in [3.63, 3.8) is 0 Å². The average Bonchev–Trinajstić information content (AvgIpc) is 3.06. The molecule has 0 saturated carbocycles. The van der Waals surface area contributed by atoms with Gasteiger partial charge in [-0.2, -0.15) is 0 Å². The maximum atomic E-state index is 5.96. The Balaban J connectivity index is 1.58. The highest BCUT2D eigenvalue weighted by atomic mass is 35.5. The summed E-state index contributed by atoms with van der Waals surface area (Å²) in [6, 6.07) is 25.8. The molecule has 0 fully saturated rings. The molecule has 4 aromatic rings. The molecule has 4 heteroatoms. The maximum Gasteiger partial charge on any atom is 0.133 e. The van der Waals surface area contributed by atoms with E-state index >= 15 is 0 Å². The van der Waals surface area contributed by atoms with Gasteiger partial charge in [-0.15, -0.1) is 0 Å². The molecule has 0 aliphatic heterocycles. The van der Waals surface area contributed by atoms with Crippen LogP contribution < -0.4 is 4.74 Å². The van der Waals surface area contributed by atoms with E-state index in [4.69, 9.17) is 21.3 Å². The van der Waals surface area contributed by atoms with E-state index in [0.29, 0.717) is 6.61 Å². The summed E-state index contributed by atoms with van der Waals surface area (Å²) in [4.78, 5) is 4.77. The fraction of sp³-hybridized carbons (Fsp3) is 0.0870. The Labute approximate surface area is 163 Å². The molecule has 0 atom stereocenters. The van der Waals surface area contributed by atoms with Gasteiger partial charge in [0.15, 0.2) is 0 Å². The Morgan fingerprint density at radius 3 is 2.41 bits per heavy atom. The van der Waals surface area contributed by atoms with Crippen molar-refractivity contribution >= 4 is 34.8 Å². The number of rotatable bonds is 6. The molecule has 3 aromatic carbocycles. The van der Waals surface area contributed by atoms with Crippen molar-refractivity contribution in [2.45, 2.75) is 6.54 Å². The number of ether oxygens (including phenoxy) is 1. The van der Waals surface area contributed by atoms with Crippen molar-refractivity contribution in [3.8, 4) is 5.75 Å². The standard InChI is InChI=1S/C23H19ClN2O/c24-19-13-10-18(11-14-19)12-15-23-25-21-8-4-5-9-22(21)26(23)16-17-27-20-6-2-1-3-7-20/h1-15H,16-17H2. The van der Waals surface area contributed by atoms with Gasteiger partial charge in [0.25, 0.3) is 0 Å². The summed E-state index contributed by atoms with van der Waals surface area (Å²) in [7, 11) is 0. The van der Waals surface area contributed by atoms with Crippen molar-refractivity contribution in [2.75, 3.05) is 6.61 Å². The van der Waals surface area contributed by atoms with Crippen molar-refractivity contribution in [2.24, 2.45) is 0 Å². The van der Waals surface area contributed by atoms with Gasteiger partial charge >= 0.3 is 0 Å². The van der Waals surface area contributed by atoms with Gasteiger partial charge in [0.1, 0.15) is 18.2 Å². The quantitative estimate of drug-likeness (QED) is 0.417. The molecule has 3 nitrogen and oxygen atoms in total. The Morgan fingerprint density at radius 2 is 1.59 bits per heavy atom. The third-order valence-corrected chi connectivity index (χ3v) is 4.56. The van der Waals surface area contributed by atoms with Crippen molar-refractivity contribution in [3.05, 3.63) is 95.3 Å². The van der Waals surface area contributed by atoms with Crippen LogP contribution in [0.3, 0.4) is 0 Å². The topological polar surface area (TPSA) is 27.1 Å². The van der Waals surface area contributed by atoms with Gasteiger partial charge in [-0.05, 0) is 48.0 Å². The second kappa shape index (κ2) is 8.11. The smallest absolute Gasteiger partial charge is 0.133 e. The Kier molecular flexibility index (Phi) is 5.22. The molecular weight excluding hydrogens is 356 g/mol. The van der Waals surface area contributed by atoms with Crippen LogP contribution in [0.5, 0.6) is 5.75 Å². The lowest BCUT2D eigenvalue weighted by molar-refractivity contribution is 0.300. The molecule has 0 unspecified atom stereocenters. The van der Waals surface area contributed by atoms with Crippen molar-refractivity contribution < 1.29 is 4.74 Å². The first-order valence-corrected chi connectivity index (χ1v) is 9.24. The number of halogens is 1. The fourth-order valence-electron chi connectivity index (χ4n) is 2.97. The molecule has 27 heavy (non-hydrogen) atoms. The summed E-state index contributed by atoms with van der Waals surface area (Å²) in [5, 5.41) is 0.734. The number of nitrogens with zero attached hydrogens (tertiary/aromatic N) is 2. The molecule has 0 radical (unpaired) electrons. The van der Waals surface area contributed by atoms with E-state index < -0.39 is 0 Å². The van der Waals surface area contributed by atoms with E-state index in [1.54, 1.807) is 0 Å². The van der Waals surface area contributed by atoms with Gasteiger partial charge in [-0.3, -0.25) is 0 Å². The molecular formula is C23H19ClN2O. The van der Waals surface area contributed by atoms with Gasteiger partial charge < -0.3 is 9.30 Å². The van der Waals surface area contributed by atoms with Crippen molar-refractivity contribution in [1.82, 2.24) is 9.55 Å². The van der Waals surface area contributed by atoms with Crippen molar-refractivity contribution in [1.29, 1.82) is 0 Å². The number of aromatic nitrogens is 2. The molecule has 0 saturated heterocycles. The highest BCUT2D eigenvalue weighted by Gasteiger charge is 2.08. The van der Waals surface area contributed by atoms with Crippen LogP contribution >= 0.6 is 11.6 Å². The maximum absolute atomic E-state index is 5.96. The number of imidazole rings is 1. The summed E-state index contributed by atoms with van der Waals surface area (Å²) in [6.07, 6.45) is 4.08. The minimum Gasteiger partial charge on any atom is -0.492 e. The fourth-order valence-corrected chi connectivity index (χ4v) is 3.10. The Morgan fingerprint density at radius 1 is 0.852 bits per heavy atom. The van der Waals surface area contributed by atoms with Crippen LogP contribution in [-0.4, -0.2) is 16.2 Å². The average molecular weight is 375 g/mol. The molecule has 4 rings (SSSR count). The van der Waals surface area contributed by atoms with Gasteiger partial charge in [0, 0.05) is 5.02 Å². The third kappa shape index (κ3) is 4.21. The molecule has 1 heterocycles. The zero-order valence-corrected chi connectivity index (χ0v) is 15.5. The highest BCUT2D eigenvalue weighted by Crippen LogP contribution is 2.19. The predicted octanol–water partition coefficient (Wildman–Crippen LogP) is 5.94. The van der Waals surface area contributed by atoms with E-state index in [0.717, 1.165) is 39.7 Å². The molecule has 0 aliphatic carbocycles. The first-order chi connectivity index (χ1) is 13.3. The van der Waals surface area contributed by atoms with Crippen LogP contribution in [0, 0.1) is 0 Å². The summed E-state index contributed by atoms with van der Waals surface area (Å²) in [5.41, 5.74) is 3.16. The summed E-state index contributed by atoms with van der Waals surface area (Å²) in [6.45, 7) is 1.29. The van der Waals surface area contributed by atoms with Crippen LogP contribution in [0.25, 0.3) is 23.2 Å². The molecule has 134 valence electrons. The van der Waals surface area contributed by atoms with Gasteiger partial charge in [0.05, 0.1) is 17.6 Å². The van der Waals surface area contributed by atoms with E-state index in [1.165, 1.54) is 0 Å². The Hall–Kier alpha value is -3.04. The molecule has 0 amide bonds. The first-order valence-electron chi connectivity index (χ1n) is 8.86. The van der Waals surface area contributed by atoms with Gasteiger partial charge in [-0.25, -0.2) is 4.98 Å². The number of hydrogen-bond acceptors (Lipinski definition) is 2. The summed E-state index contributed by atoms with van der Waals surface area (Å²) >= 11 is 5.96. The van der Waals surface area contributed by atoms with Crippen LogP contribution in [0.2, 0.25) is 5.02 Å². The lowest BCUT2D eigenvalue weighted by Crippen LogP contribution is -2.09. The van der Waals surface area contributed by atoms with Crippen LogP contribution in [0.1, 0.15) is 11.4 Å². The molecule has 1 aromatic heterocycles. The van der Waals surface area contributed by atoms with E-state index in [-0.39, 0.29) is 0 Å². The predicted molar refractivity (Wildman–Crippen MR) is 112 cm³/mol. The Bertz CT molecular complexity index is 1050. The van der Waals surface area contributed by atoms with Crippen LogP contribution in [-0.2, 0) is 6.54 Å². The lowest BCUT2D eigenvalue weighted by Gasteiger charge is -2.09. The number of fused-ring (bicyclic) bond motifs is 1. The molecule has 0 spiro atoms. The monoisotopic (exact) mass is 374 g/mol. The largest absolute Gasteiger partial charge is 0.492 e. The van der Waals surface area contributed by atoms with Gasteiger partial charge in [-0.1, -0.05) is 60.1 Å². The SMILES string of the molecule is Clc1ccc(C=Cc2nc3ccccc3n2CCOc2ccccc2)cc1. The minimum atomic E-state index is 0.576.